The zero-order valence-electron chi connectivity index (χ0n) is 14.4. The van der Waals surface area contributed by atoms with Crippen molar-refractivity contribution in [1.82, 2.24) is 14.9 Å². The smallest absolute Gasteiger partial charge is 0.213 e. The van der Waals surface area contributed by atoms with Crippen molar-refractivity contribution in [2.24, 2.45) is 0 Å². The van der Waals surface area contributed by atoms with Crippen LogP contribution in [0.2, 0.25) is 0 Å². The van der Waals surface area contributed by atoms with Crippen molar-refractivity contribution in [2.75, 3.05) is 19.0 Å². The molecule has 1 atom stereocenters. The van der Waals surface area contributed by atoms with Gasteiger partial charge in [0.25, 0.3) is 0 Å². The number of hydrogen-bond acceptors (Lipinski definition) is 5. The minimum Gasteiger partial charge on any atom is -0.481 e. The second-order valence-electron chi connectivity index (χ2n) is 5.92. The number of piperidine rings is 1. The maximum Gasteiger partial charge on any atom is 0.213 e. The van der Waals surface area contributed by atoms with Crippen LogP contribution in [0.1, 0.15) is 24.8 Å². The van der Waals surface area contributed by atoms with E-state index < -0.39 is 0 Å². The van der Waals surface area contributed by atoms with Crippen molar-refractivity contribution >= 4 is 23.0 Å². The van der Waals surface area contributed by atoms with Crippen LogP contribution in [0.4, 0.5) is 5.69 Å². The minimum absolute atomic E-state index is 0.0824. The number of rotatable bonds is 4. The van der Waals surface area contributed by atoms with Gasteiger partial charge in [0.05, 0.1) is 19.0 Å². The van der Waals surface area contributed by atoms with Gasteiger partial charge in [-0.05, 0) is 44.1 Å². The highest BCUT2D eigenvalue weighted by atomic mass is 32.1. The normalized spacial score (nSPS) is 17.0. The summed E-state index contributed by atoms with van der Waals surface area (Å²) in [6.07, 6.45) is 8.33. The second-order valence-corrected chi connectivity index (χ2v) is 6.31. The van der Waals surface area contributed by atoms with E-state index in [4.69, 9.17) is 21.7 Å². The van der Waals surface area contributed by atoms with E-state index in [1.54, 1.807) is 25.6 Å². The lowest BCUT2D eigenvalue weighted by molar-refractivity contribution is 0.0471. The topological polar surface area (TPSA) is 59.5 Å². The fraction of sp³-hybridized carbons (Fsp3) is 0.389. The van der Waals surface area contributed by atoms with Crippen LogP contribution in [0.3, 0.4) is 0 Å². The molecular formula is C18H22N4O2S. The molecule has 1 saturated heterocycles. The molecule has 2 aromatic rings. The molecule has 0 saturated carbocycles. The van der Waals surface area contributed by atoms with Crippen LogP contribution in [0.25, 0.3) is 0 Å². The first-order valence-electron chi connectivity index (χ1n) is 8.32. The average Bonchev–Trinajstić information content (AvgIpc) is 2.64. The largest absolute Gasteiger partial charge is 0.481 e. The van der Waals surface area contributed by atoms with Crippen molar-refractivity contribution in [1.29, 1.82) is 0 Å². The van der Waals surface area contributed by atoms with Crippen LogP contribution in [0, 0.1) is 6.92 Å². The number of anilines is 1. The third-order valence-electron chi connectivity index (χ3n) is 4.14. The fourth-order valence-electron chi connectivity index (χ4n) is 2.77. The first kappa shape index (κ1) is 17.4. The Morgan fingerprint density at radius 1 is 1.28 bits per heavy atom. The Morgan fingerprint density at radius 2 is 2.16 bits per heavy atom. The first-order valence-corrected chi connectivity index (χ1v) is 8.73. The Balaban J connectivity index is 1.69. The predicted molar refractivity (Wildman–Crippen MR) is 101 cm³/mol. The van der Waals surface area contributed by atoms with Gasteiger partial charge in [-0.3, -0.25) is 4.98 Å². The minimum atomic E-state index is -0.0824. The molecule has 0 spiro atoms. The molecule has 0 radical (unpaired) electrons. The van der Waals surface area contributed by atoms with E-state index in [-0.39, 0.29) is 6.23 Å². The van der Waals surface area contributed by atoms with Crippen molar-refractivity contribution in [3.63, 3.8) is 0 Å². The Labute approximate surface area is 153 Å². The SMILES string of the molecule is COc1ccc(NC(=S)N2CCCCC2Oc2ccncc2C)cn1. The Kier molecular flexibility index (Phi) is 5.65. The van der Waals surface area contributed by atoms with Crippen LogP contribution < -0.4 is 14.8 Å². The molecule has 0 bridgehead atoms. The van der Waals surface area contributed by atoms with Crippen LogP contribution in [-0.4, -0.2) is 39.9 Å². The third-order valence-corrected chi connectivity index (χ3v) is 4.47. The van der Waals surface area contributed by atoms with E-state index in [1.165, 1.54) is 0 Å². The molecule has 0 aliphatic carbocycles. The van der Waals surface area contributed by atoms with Crippen molar-refractivity contribution in [3.05, 3.63) is 42.4 Å². The number of nitrogens with zero attached hydrogens (tertiary/aromatic N) is 3. The summed E-state index contributed by atoms with van der Waals surface area (Å²) in [5.74, 6) is 1.42. The molecule has 3 heterocycles. The maximum atomic E-state index is 6.22. The van der Waals surface area contributed by atoms with E-state index >= 15 is 0 Å². The second kappa shape index (κ2) is 8.11. The summed E-state index contributed by atoms with van der Waals surface area (Å²) in [6, 6.07) is 5.59. The van der Waals surface area contributed by atoms with Crippen LogP contribution in [0.5, 0.6) is 11.6 Å². The average molecular weight is 358 g/mol. The number of aromatic nitrogens is 2. The van der Waals surface area contributed by atoms with Gasteiger partial charge in [0.2, 0.25) is 5.88 Å². The van der Waals surface area contributed by atoms with E-state index in [0.29, 0.717) is 11.0 Å². The van der Waals surface area contributed by atoms with Crippen LogP contribution in [0.15, 0.2) is 36.8 Å². The molecule has 2 aromatic heterocycles. The molecule has 1 N–H and O–H groups in total. The molecule has 1 aliphatic heterocycles. The summed E-state index contributed by atoms with van der Waals surface area (Å²) in [5.41, 5.74) is 1.85. The van der Waals surface area contributed by atoms with Gasteiger partial charge in [-0.15, -0.1) is 0 Å². The highest BCUT2D eigenvalue weighted by molar-refractivity contribution is 7.80. The van der Waals surface area contributed by atoms with E-state index in [0.717, 1.165) is 42.8 Å². The zero-order valence-corrected chi connectivity index (χ0v) is 15.3. The van der Waals surface area contributed by atoms with Crippen LogP contribution in [-0.2, 0) is 0 Å². The number of ether oxygens (including phenoxy) is 2. The number of thiocarbonyl (C=S) groups is 1. The predicted octanol–water partition coefficient (Wildman–Crippen LogP) is 3.38. The summed E-state index contributed by atoms with van der Waals surface area (Å²) >= 11 is 5.61. The van der Waals surface area contributed by atoms with E-state index in [2.05, 4.69) is 20.2 Å². The molecule has 1 fully saturated rings. The third kappa shape index (κ3) is 4.36. The standard InChI is InChI=1S/C18H22N4O2S/c1-13-11-19-9-8-15(13)24-17-5-3-4-10-22(17)18(25)21-14-6-7-16(23-2)20-12-14/h6-9,11-12,17H,3-5,10H2,1-2H3,(H,21,25). The highest BCUT2D eigenvalue weighted by Gasteiger charge is 2.26. The van der Waals surface area contributed by atoms with Gasteiger partial charge < -0.3 is 19.7 Å². The molecule has 25 heavy (non-hydrogen) atoms. The number of hydrogen-bond donors (Lipinski definition) is 1. The van der Waals surface area contributed by atoms with E-state index in [9.17, 15) is 0 Å². The van der Waals surface area contributed by atoms with Gasteiger partial charge in [-0.1, -0.05) is 0 Å². The first-order chi connectivity index (χ1) is 12.2. The summed E-state index contributed by atoms with van der Waals surface area (Å²) in [7, 11) is 1.59. The number of aryl methyl sites for hydroxylation is 1. The number of likely N-dealkylation sites (tertiary alicyclic amines) is 1. The molecule has 6 nitrogen and oxygen atoms in total. The summed E-state index contributed by atoms with van der Waals surface area (Å²) in [6.45, 7) is 2.86. The van der Waals surface area contributed by atoms with E-state index in [1.807, 2.05) is 25.3 Å². The molecular weight excluding hydrogens is 336 g/mol. The molecule has 7 heteroatoms. The molecule has 1 aliphatic rings. The van der Waals surface area contributed by atoms with Crippen molar-refractivity contribution in [2.45, 2.75) is 32.4 Å². The van der Waals surface area contributed by atoms with Gasteiger partial charge in [0.1, 0.15) is 5.75 Å². The quantitative estimate of drug-likeness (QED) is 0.841. The van der Waals surface area contributed by atoms with Crippen LogP contribution >= 0.6 is 12.2 Å². The van der Waals surface area contributed by atoms with Crippen molar-refractivity contribution in [3.8, 4) is 11.6 Å². The molecule has 0 amide bonds. The monoisotopic (exact) mass is 358 g/mol. The summed E-state index contributed by atoms with van der Waals surface area (Å²) < 4.78 is 11.3. The molecule has 0 aromatic carbocycles. The Hall–Kier alpha value is -2.41. The lowest BCUT2D eigenvalue weighted by Gasteiger charge is -2.37. The maximum absolute atomic E-state index is 6.22. The van der Waals surface area contributed by atoms with Gasteiger partial charge >= 0.3 is 0 Å². The molecule has 3 rings (SSSR count). The lowest BCUT2D eigenvalue weighted by atomic mass is 10.1. The molecule has 1 unspecified atom stereocenters. The zero-order chi connectivity index (χ0) is 17.6. The highest BCUT2D eigenvalue weighted by Crippen LogP contribution is 2.24. The number of methoxy groups -OCH3 is 1. The summed E-state index contributed by atoms with van der Waals surface area (Å²) in [4.78, 5) is 10.4. The van der Waals surface area contributed by atoms with Gasteiger partial charge in [-0.2, -0.15) is 0 Å². The molecule has 132 valence electrons. The summed E-state index contributed by atoms with van der Waals surface area (Å²) in [5, 5.41) is 3.88. The Morgan fingerprint density at radius 3 is 2.88 bits per heavy atom. The van der Waals surface area contributed by atoms with Gasteiger partial charge in [0, 0.05) is 37.0 Å². The fourth-order valence-corrected chi connectivity index (χ4v) is 3.09. The number of pyridine rings is 2. The lowest BCUT2D eigenvalue weighted by Crippen LogP contribution is -2.48. The van der Waals surface area contributed by atoms with Gasteiger partial charge in [0.15, 0.2) is 11.3 Å². The van der Waals surface area contributed by atoms with Crippen molar-refractivity contribution < 1.29 is 9.47 Å². The van der Waals surface area contributed by atoms with Gasteiger partial charge in [-0.25, -0.2) is 4.98 Å². The Bertz CT molecular complexity index is 723. The number of nitrogens with one attached hydrogen (secondary N) is 1.